The van der Waals surface area contributed by atoms with Crippen LogP contribution >= 0.6 is 0 Å². The van der Waals surface area contributed by atoms with E-state index in [-0.39, 0.29) is 33.3 Å². The van der Waals surface area contributed by atoms with Crippen molar-refractivity contribution in [3.05, 3.63) is 0 Å². The van der Waals surface area contributed by atoms with Gasteiger partial charge in [-0.1, -0.05) is 6.92 Å². The molecular weight excluding hydrogens is 359 g/mol. The van der Waals surface area contributed by atoms with Gasteiger partial charge in [0.2, 0.25) is 0 Å². The molecule has 0 fully saturated rings. The monoisotopic (exact) mass is 392 g/mol. The summed E-state index contributed by atoms with van der Waals surface area (Å²) >= 11 is 0.149. The summed E-state index contributed by atoms with van der Waals surface area (Å²) in [5.41, 5.74) is 0. The van der Waals surface area contributed by atoms with Gasteiger partial charge in [0.05, 0.1) is 6.61 Å². The molecule has 0 saturated carbocycles. The van der Waals surface area contributed by atoms with E-state index in [0.717, 1.165) is 6.42 Å². The second-order valence-corrected chi connectivity index (χ2v) is 9.01. The summed E-state index contributed by atoms with van der Waals surface area (Å²) in [6.45, 7) is 8.56. The van der Waals surface area contributed by atoms with Crippen molar-refractivity contribution in [1.29, 1.82) is 0 Å². The van der Waals surface area contributed by atoms with Gasteiger partial charge in [0, 0.05) is 6.42 Å². The summed E-state index contributed by atoms with van der Waals surface area (Å²) in [5.74, 6) is -0.447. The summed E-state index contributed by atoms with van der Waals surface area (Å²) in [4.78, 5) is 21.5. The van der Waals surface area contributed by atoms with Crippen LogP contribution in [-0.2, 0) is 14.3 Å². The number of carbonyl (C=O) groups is 2. The van der Waals surface area contributed by atoms with E-state index in [2.05, 4.69) is 18.6 Å². The van der Waals surface area contributed by atoms with E-state index in [4.69, 9.17) is 0 Å². The normalized spacial score (nSPS) is 9.60. The van der Waals surface area contributed by atoms with Gasteiger partial charge in [0.25, 0.3) is 0 Å². The van der Waals surface area contributed by atoms with Crippen molar-refractivity contribution in [2.45, 2.75) is 81.5 Å². The van der Waals surface area contributed by atoms with Crippen molar-refractivity contribution in [3.8, 4) is 0 Å². The Hall–Kier alpha value is -0.0613. The van der Waals surface area contributed by atoms with Crippen LogP contribution in [0.5, 0.6) is 0 Å². The molecule has 0 aromatic rings. The average Bonchev–Trinajstić information content (AvgIpc) is 2.40. The van der Waals surface area contributed by atoms with Gasteiger partial charge in [-0.3, -0.25) is 9.59 Å². The first-order valence-electron chi connectivity index (χ1n) is 8.00. The van der Waals surface area contributed by atoms with E-state index in [9.17, 15) is 9.59 Å². The van der Waals surface area contributed by atoms with E-state index in [1.54, 1.807) is 15.8 Å². The Morgan fingerprint density at radius 3 is 1.85 bits per heavy atom. The van der Waals surface area contributed by atoms with Crippen LogP contribution in [-0.4, -0.2) is 39.5 Å². The number of ether oxygens (including phenoxy) is 1. The van der Waals surface area contributed by atoms with Gasteiger partial charge >= 0.3 is 75.5 Å². The fourth-order valence-corrected chi connectivity index (χ4v) is 5.63. The van der Waals surface area contributed by atoms with Gasteiger partial charge < -0.3 is 4.74 Å². The molecule has 0 heterocycles. The van der Waals surface area contributed by atoms with Crippen LogP contribution in [0.1, 0.15) is 72.6 Å². The molecule has 3 nitrogen and oxygen atoms in total. The molecule has 0 saturated heterocycles. The molecule has 0 spiro atoms. The molecular formula is C16H32O3Sn. The maximum atomic E-state index is 10.8. The van der Waals surface area contributed by atoms with Crippen molar-refractivity contribution in [2.24, 2.45) is 0 Å². The third-order valence-corrected chi connectivity index (χ3v) is 6.63. The number of ketones is 1. The quantitative estimate of drug-likeness (QED) is 0.227. The molecule has 0 bridgehead atoms. The molecule has 0 atom stereocenters. The minimum absolute atomic E-state index is 0.0362. The number of rotatable bonds is 11. The third kappa shape index (κ3) is 20.3. The first-order valence-corrected chi connectivity index (χ1v) is 12.0. The molecule has 0 amide bonds. The summed E-state index contributed by atoms with van der Waals surface area (Å²) in [7, 11) is 0. The number of carbonyl (C=O) groups excluding carboxylic acids is 2. The van der Waals surface area contributed by atoms with Crippen LogP contribution < -0.4 is 0 Å². The van der Waals surface area contributed by atoms with Crippen LogP contribution in [0.2, 0.25) is 8.87 Å². The Morgan fingerprint density at radius 2 is 1.45 bits per heavy atom. The Labute approximate surface area is 135 Å². The van der Waals surface area contributed by atoms with Gasteiger partial charge in [0.15, 0.2) is 0 Å². The molecule has 4 heteroatoms. The molecule has 0 aliphatic rings. The van der Waals surface area contributed by atoms with Gasteiger partial charge in [0.1, 0.15) is 12.2 Å². The van der Waals surface area contributed by atoms with Crippen LogP contribution in [0.25, 0.3) is 0 Å². The summed E-state index contributed by atoms with van der Waals surface area (Å²) in [6, 6.07) is 0. The second kappa shape index (κ2) is 18.9. The SMILES string of the molecule is CCCC(=O)CC(=O)OCC.CCC[CH2][Sn][CH2]CCC. The predicted octanol–water partition coefficient (Wildman–Crippen LogP) is 4.44. The molecule has 0 aliphatic heterocycles. The zero-order valence-electron chi connectivity index (χ0n) is 13.8. The number of unbranched alkanes of at least 4 members (excludes halogenated alkanes) is 2. The number of hydrogen-bond acceptors (Lipinski definition) is 3. The van der Waals surface area contributed by atoms with Gasteiger partial charge in [-0.05, 0) is 13.3 Å². The standard InChI is InChI=1S/C8H14O3.2C4H9.Sn/c1-3-5-7(9)6-8(10)11-4-2;2*1-3-4-2;/h3-6H2,1-2H3;2*1,3-4H2,2H3;. The molecule has 0 N–H and O–H groups in total. The zero-order chi connectivity index (χ0) is 15.6. The minimum atomic E-state index is -0.411. The van der Waals surface area contributed by atoms with Crippen molar-refractivity contribution in [3.63, 3.8) is 0 Å². The number of hydrogen-bond donors (Lipinski definition) is 0. The number of esters is 1. The topological polar surface area (TPSA) is 43.4 Å². The Bertz CT molecular complexity index is 208. The summed E-state index contributed by atoms with van der Waals surface area (Å²) < 4.78 is 7.85. The maximum absolute atomic E-state index is 10.8. The Morgan fingerprint density at radius 1 is 0.900 bits per heavy atom. The van der Waals surface area contributed by atoms with Crippen molar-refractivity contribution < 1.29 is 14.3 Å². The van der Waals surface area contributed by atoms with E-state index < -0.39 is 5.97 Å². The van der Waals surface area contributed by atoms with Gasteiger partial charge in [-0.25, -0.2) is 0 Å². The molecule has 0 aliphatic carbocycles. The fraction of sp³-hybridized carbons (Fsp3) is 0.875. The molecule has 0 rings (SSSR count). The molecule has 0 aromatic heterocycles. The molecule has 0 aromatic carbocycles. The van der Waals surface area contributed by atoms with Crippen LogP contribution in [0.4, 0.5) is 0 Å². The first kappa shape index (κ1) is 22.2. The van der Waals surface area contributed by atoms with Crippen LogP contribution in [0, 0.1) is 0 Å². The molecule has 0 unspecified atom stereocenters. The van der Waals surface area contributed by atoms with Gasteiger partial charge in [-0.15, -0.1) is 0 Å². The van der Waals surface area contributed by atoms with Crippen LogP contribution in [0.15, 0.2) is 0 Å². The van der Waals surface area contributed by atoms with Crippen molar-refractivity contribution >= 4 is 32.9 Å². The van der Waals surface area contributed by atoms with Crippen molar-refractivity contribution in [1.82, 2.24) is 0 Å². The second-order valence-electron chi connectivity index (χ2n) is 4.73. The average molecular weight is 391 g/mol. The molecule has 2 radical (unpaired) electrons. The van der Waals surface area contributed by atoms with Gasteiger partial charge in [-0.2, -0.15) is 0 Å². The molecule has 20 heavy (non-hydrogen) atoms. The predicted molar refractivity (Wildman–Crippen MR) is 86.3 cm³/mol. The van der Waals surface area contributed by atoms with Crippen LogP contribution in [0.3, 0.4) is 0 Å². The Balaban J connectivity index is 0. The van der Waals surface area contributed by atoms with E-state index >= 15 is 0 Å². The first-order chi connectivity index (χ1) is 9.62. The van der Waals surface area contributed by atoms with Crippen molar-refractivity contribution in [2.75, 3.05) is 6.61 Å². The Kier molecular flexibility index (Phi) is 21.0. The summed E-state index contributed by atoms with van der Waals surface area (Å²) in [6.07, 6.45) is 7.03. The van der Waals surface area contributed by atoms with E-state index in [0.29, 0.717) is 13.0 Å². The third-order valence-electron chi connectivity index (χ3n) is 2.59. The van der Waals surface area contributed by atoms with E-state index in [1.165, 1.54) is 25.7 Å². The zero-order valence-corrected chi connectivity index (χ0v) is 16.6. The molecule has 118 valence electrons. The summed E-state index contributed by atoms with van der Waals surface area (Å²) in [5, 5.41) is 0. The fourth-order valence-electron chi connectivity index (χ4n) is 1.47. The number of Topliss-reactive ketones (excluding diaryl/α,β-unsaturated/α-hetero) is 1. The van der Waals surface area contributed by atoms with E-state index in [1.807, 2.05) is 6.92 Å².